The normalized spacial score (nSPS) is 11.4. The summed E-state index contributed by atoms with van der Waals surface area (Å²) in [5.74, 6) is 0.509. The Kier molecular flexibility index (Phi) is 9.27. The van der Waals surface area contributed by atoms with E-state index in [0.29, 0.717) is 27.6 Å². The largest absolute Gasteiger partial charge is 0.496 e. The quantitative estimate of drug-likeness (QED) is 0.372. The second-order valence-electron chi connectivity index (χ2n) is 7.35. The summed E-state index contributed by atoms with van der Waals surface area (Å²) in [6.07, 6.45) is 0. The van der Waals surface area contributed by atoms with Crippen molar-refractivity contribution in [1.29, 1.82) is 0 Å². The second-order valence-corrected chi connectivity index (χ2v) is 10.5. The maximum absolute atomic E-state index is 13.5. The molecule has 35 heavy (non-hydrogen) atoms. The van der Waals surface area contributed by atoms with Gasteiger partial charge in [-0.2, -0.15) is 4.31 Å². The zero-order chi connectivity index (χ0) is 25.6. The monoisotopic (exact) mass is 556 g/mol. The third-order valence-electron chi connectivity index (χ3n) is 5.16. The van der Waals surface area contributed by atoms with Gasteiger partial charge in [0.25, 0.3) is 0 Å². The maximum atomic E-state index is 13.5. The van der Waals surface area contributed by atoms with Crippen molar-refractivity contribution in [2.24, 2.45) is 0 Å². The summed E-state index contributed by atoms with van der Waals surface area (Å²) in [7, 11) is -1.09. The van der Waals surface area contributed by atoms with Crippen molar-refractivity contribution in [3.8, 4) is 11.5 Å². The van der Waals surface area contributed by atoms with Gasteiger partial charge >= 0.3 is 0 Å². The van der Waals surface area contributed by atoms with Crippen LogP contribution in [0.3, 0.4) is 0 Å². The van der Waals surface area contributed by atoms with Crippen LogP contribution >= 0.6 is 34.8 Å². The molecule has 3 aromatic carbocycles. The first-order valence-corrected chi connectivity index (χ1v) is 12.9. The molecule has 1 N–H and O–H groups in total. The highest BCUT2D eigenvalue weighted by Crippen LogP contribution is 2.29. The molecule has 0 unspecified atom stereocenters. The van der Waals surface area contributed by atoms with E-state index >= 15 is 0 Å². The van der Waals surface area contributed by atoms with Crippen molar-refractivity contribution in [3.05, 3.63) is 86.9 Å². The number of carbonyl (C=O) groups excluding carboxylic acids is 1. The highest BCUT2D eigenvalue weighted by molar-refractivity contribution is 7.89. The van der Waals surface area contributed by atoms with Gasteiger partial charge in [0.05, 0.1) is 37.8 Å². The predicted octanol–water partition coefficient (Wildman–Crippen LogP) is 5.17. The summed E-state index contributed by atoms with van der Waals surface area (Å²) < 4.78 is 38.6. The molecule has 11 heteroatoms. The average Bonchev–Trinajstić information content (AvgIpc) is 2.84. The lowest BCUT2D eigenvalue weighted by atomic mass is 10.1. The van der Waals surface area contributed by atoms with Crippen LogP contribution in [-0.2, 0) is 27.9 Å². The van der Waals surface area contributed by atoms with E-state index in [2.05, 4.69) is 5.32 Å². The Balaban J connectivity index is 1.88. The first-order valence-electron chi connectivity index (χ1n) is 10.3. The fourth-order valence-electron chi connectivity index (χ4n) is 3.35. The number of benzene rings is 3. The molecule has 0 aliphatic rings. The predicted molar refractivity (Wildman–Crippen MR) is 137 cm³/mol. The van der Waals surface area contributed by atoms with Gasteiger partial charge in [-0.15, -0.1) is 0 Å². The third-order valence-corrected chi connectivity index (χ3v) is 7.93. The zero-order valence-electron chi connectivity index (χ0n) is 18.9. The van der Waals surface area contributed by atoms with Gasteiger partial charge in [-0.1, -0.05) is 46.9 Å². The SMILES string of the molecule is COc1cccc(OC)c1CNC(=O)CN(Cc1c(Cl)cccc1Cl)S(=O)(=O)c1ccc(Cl)cc1. The molecule has 7 nitrogen and oxygen atoms in total. The van der Waals surface area contributed by atoms with Gasteiger partial charge in [0.1, 0.15) is 11.5 Å². The number of rotatable bonds is 10. The summed E-state index contributed by atoms with van der Waals surface area (Å²) in [4.78, 5) is 12.9. The van der Waals surface area contributed by atoms with E-state index in [0.717, 1.165) is 4.31 Å². The Morgan fingerprint density at radius 1 is 0.857 bits per heavy atom. The number of hydrogen-bond acceptors (Lipinski definition) is 5. The van der Waals surface area contributed by atoms with E-state index in [1.165, 1.54) is 38.5 Å². The molecule has 186 valence electrons. The van der Waals surface area contributed by atoms with Crippen molar-refractivity contribution >= 4 is 50.7 Å². The Morgan fingerprint density at radius 2 is 1.40 bits per heavy atom. The minimum atomic E-state index is -4.11. The summed E-state index contributed by atoms with van der Waals surface area (Å²) in [6.45, 7) is -0.632. The summed E-state index contributed by atoms with van der Waals surface area (Å²) in [5, 5.41) is 3.69. The molecule has 0 spiro atoms. The number of sulfonamides is 1. The molecule has 3 aromatic rings. The number of carbonyl (C=O) groups is 1. The van der Waals surface area contributed by atoms with Crippen molar-refractivity contribution < 1.29 is 22.7 Å². The maximum Gasteiger partial charge on any atom is 0.243 e. The number of ether oxygens (including phenoxy) is 2. The van der Waals surface area contributed by atoms with Crippen molar-refractivity contribution in [2.75, 3.05) is 20.8 Å². The molecule has 0 atom stereocenters. The van der Waals surface area contributed by atoms with Crippen LogP contribution in [-0.4, -0.2) is 39.4 Å². The van der Waals surface area contributed by atoms with Gasteiger partial charge in [0.15, 0.2) is 0 Å². The molecule has 0 aromatic heterocycles. The first-order chi connectivity index (χ1) is 16.7. The van der Waals surface area contributed by atoms with E-state index in [1.807, 2.05) is 0 Å². The minimum Gasteiger partial charge on any atom is -0.496 e. The van der Waals surface area contributed by atoms with Crippen LogP contribution in [0.5, 0.6) is 11.5 Å². The van der Waals surface area contributed by atoms with E-state index in [4.69, 9.17) is 44.3 Å². The number of methoxy groups -OCH3 is 2. The van der Waals surface area contributed by atoms with Crippen LogP contribution in [0.15, 0.2) is 65.6 Å². The summed E-state index contributed by atoms with van der Waals surface area (Å²) in [5.41, 5.74) is 1.000. The molecular formula is C24H23Cl3N2O5S. The fraction of sp³-hybridized carbons (Fsp3) is 0.208. The van der Waals surface area contributed by atoms with Crippen LogP contribution in [0, 0.1) is 0 Å². The van der Waals surface area contributed by atoms with Crippen molar-refractivity contribution in [2.45, 2.75) is 18.0 Å². The lowest BCUT2D eigenvalue weighted by Gasteiger charge is -2.23. The van der Waals surface area contributed by atoms with E-state index in [1.54, 1.807) is 36.4 Å². The van der Waals surface area contributed by atoms with E-state index in [-0.39, 0.29) is 28.0 Å². The van der Waals surface area contributed by atoms with Crippen LogP contribution in [0.2, 0.25) is 15.1 Å². The zero-order valence-corrected chi connectivity index (χ0v) is 22.0. The molecule has 0 aliphatic carbocycles. The molecule has 0 bridgehead atoms. The van der Waals surface area contributed by atoms with E-state index in [9.17, 15) is 13.2 Å². The van der Waals surface area contributed by atoms with E-state index < -0.39 is 22.5 Å². The Hall–Kier alpha value is -2.49. The highest BCUT2D eigenvalue weighted by Gasteiger charge is 2.28. The fourth-order valence-corrected chi connectivity index (χ4v) is 5.35. The van der Waals surface area contributed by atoms with Crippen LogP contribution in [0.1, 0.15) is 11.1 Å². The Morgan fingerprint density at radius 3 is 1.94 bits per heavy atom. The van der Waals surface area contributed by atoms with Gasteiger partial charge in [-0.3, -0.25) is 4.79 Å². The molecule has 3 rings (SSSR count). The molecule has 0 radical (unpaired) electrons. The van der Waals surface area contributed by atoms with Crippen molar-refractivity contribution in [3.63, 3.8) is 0 Å². The van der Waals surface area contributed by atoms with Gasteiger partial charge in [-0.25, -0.2) is 8.42 Å². The average molecular weight is 558 g/mol. The number of amides is 1. The number of hydrogen-bond donors (Lipinski definition) is 1. The molecule has 0 saturated carbocycles. The number of nitrogens with zero attached hydrogens (tertiary/aromatic N) is 1. The molecule has 1 amide bonds. The molecule has 0 fully saturated rings. The molecule has 0 aliphatic heterocycles. The standard InChI is InChI=1S/C24H23Cl3N2O5S/c1-33-22-7-4-8-23(34-2)18(22)13-28-24(30)15-29(14-19-20(26)5-3-6-21(19)27)35(31,32)17-11-9-16(25)10-12-17/h3-12H,13-15H2,1-2H3,(H,28,30). The first kappa shape index (κ1) is 27.1. The number of halogens is 3. The molecular weight excluding hydrogens is 535 g/mol. The third kappa shape index (κ3) is 6.59. The summed E-state index contributed by atoms with van der Waals surface area (Å²) >= 11 is 18.5. The van der Waals surface area contributed by atoms with Crippen molar-refractivity contribution in [1.82, 2.24) is 9.62 Å². The van der Waals surface area contributed by atoms with Crippen LogP contribution in [0.4, 0.5) is 0 Å². The Bertz CT molecular complexity index is 1260. The topological polar surface area (TPSA) is 84.9 Å². The van der Waals surface area contributed by atoms with Gasteiger partial charge in [0.2, 0.25) is 15.9 Å². The smallest absolute Gasteiger partial charge is 0.243 e. The lowest BCUT2D eigenvalue weighted by molar-refractivity contribution is -0.121. The second kappa shape index (κ2) is 12.0. The van der Waals surface area contributed by atoms with Crippen LogP contribution in [0.25, 0.3) is 0 Å². The number of nitrogens with one attached hydrogen (secondary N) is 1. The van der Waals surface area contributed by atoms with Gasteiger partial charge < -0.3 is 14.8 Å². The molecule has 0 heterocycles. The Labute approximate surface area is 219 Å². The van der Waals surface area contributed by atoms with Gasteiger partial charge in [0, 0.05) is 27.2 Å². The highest BCUT2D eigenvalue weighted by atomic mass is 35.5. The van der Waals surface area contributed by atoms with Crippen LogP contribution < -0.4 is 14.8 Å². The van der Waals surface area contributed by atoms with Gasteiger partial charge in [-0.05, 0) is 48.5 Å². The molecule has 0 saturated heterocycles. The summed E-state index contributed by atoms with van der Waals surface area (Å²) in [6, 6.07) is 15.8. The lowest BCUT2D eigenvalue weighted by Crippen LogP contribution is -2.40. The minimum absolute atomic E-state index is 0.0238.